The second-order valence-electron chi connectivity index (χ2n) is 7.79. The maximum Gasteiger partial charge on any atom is 0.389 e. The molecular formula is C22H25F3N4O3. The fourth-order valence-electron chi connectivity index (χ4n) is 3.74. The van der Waals surface area contributed by atoms with E-state index in [2.05, 4.69) is 15.3 Å². The van der Waals surface area contributed by atoms with E-state index in [1.54, 1.807) is 24.0 Å². The Hall–Kier alpha value is -3.01. The van der Waals surface area contributed by atoms with Gasteiger partial charge in [0, 0.05) is 48.7 Å². The molecule has 0 bridgehead atoms. The zero-order chi connectivity index (χ0) is 23.5. The second-order valence-corrected chi connectivity index (χ2v) is 7.79. The number of pyridine rings is 2. The predicted octanol–water partition coefficient (Wildman–Crippen LogP) is 2.65. The molecule has 7 nitrogen and oxygen atoms in total. The fourth-order valence-corrected chi connectivity index (χ4v) is 3.74. The molecule has 0 saturated carbocycles. The first-order chi connectivity index (χ1) is 15.1. The Labute approximate surface area is 183 Å². The van der Waals surface area contributed by atoms with Crippen LogP contribution in [0.5, 0.6) is 0 Å². The van der Waals surface area contributed by atoms with E-state index < -0.39 is 12.6 Å². The van der Waals surface area contributed by atoms with Gasteiger partial charge >= 0.3 is 6.18 Å². The van der Waals surface area contributed by atoms with Crippen molar-refractivity contribution >= 4 is 11.8 Å². The van der Waals surface area contributed by atoms with Crippen LogP contribution in [0, 0.1) is 6.92 Å². The van der Waals surface area contributed by atoms with Crippen LogP contribution in [0.4, 0.5) is 13.2 Å². The molecule has 172 valence electrons. The number of rotatable bonds is 8. The highest BCUT2D eigenvalue weighted by molar-refractivity contribution is 5.99. The molecule has 0 radical (unpaired) electrons. The van der Waals surface area contributed by atoms with Crippen molar-refractivity contribution in [3.63, 3.8) is 0 Å². The zero-order valence-electron chi connectivity index (χ0n) is 17.9. The van der Waals surface area contributed by atoms with E-state index >= 15 is 0 Å². The summed E-state index contributed by atoms with van der Waals surface area (Å²) in [4.78, 5) is 35.1. The molecule has 1 aliphatic rings. The molecule has 1 atom stereocenters. The predicted molar refractivity (Wildman–Crippen MR) is 110 cm³/mol. The van der Waals surface area contributed by atoms with Crippen molar-refractivity contribution in [2.24, 2.45) is 0 Å². The van der Waals surface area contributed by atoms with Crippen molar-refractivity contribution in [2.75, 3.05) is 13.2 Å². The number of aryl methyl sites for hydroxylation is 2. The van der Waals surface area contributed by atoms with Crippen LogP contribution >= 0.6 is 0 Å². The Morgan fingerprint density at radius 1 is 1.31 bits per heavy atom. The lowest BCUT2D eigenvalue weighted by Crippen LogP contribution is -2.29. The lowest BCUT2D eigenvalue weighted by Gasteiger charge is -2.25. The quantitative estimate of drug-likeness (QED) is 0.645. The van der Waals surface area contributed by atoms with E-state index in [1.165, 1.54) is 12.4 Å². The number of alkyl halides is 3. The van der Waals surface area contributed by atoms with E-state index in [4.69, 9.17) is 5.11 Å². The molecule has 3 heterocycles. The number of aromatic nitrogens is 2. The summed E-state index contributed by atoms with van der Waals surface area (Å²) in [5.41, 5.74) is 3.39. The van der Waals surface area contributed by atoms with Gasteiger partial charge in [-0.3, -0.25) is 19.6 Å². The SMILES string of the molecule is Cc1cc(C(C)N2Cc3c(ccnc3CC(=O)NCCO)C2=O)cnc1CCC(F)(F)F. The Bertz CT molecular complexity index is 1010. The number of hydrogen-bond donors (Lipinski definition) is 2. The molecule has 1 unspecified atom stereocenters. The number of amides is 2. The van der Waals surface area contributed by atoms with Crippen molar-refractivity contribution < 1.29 is 27.9 Å². The number of carbonyl (C=O) groups excluding carboxylic acids is 2. The highest BCUT2D eigenvalue weighted by Crippen LogP contribution is 2.33. The summed E-state index contributed by atoms with van der Waals surface area (Å²) in [7, 11) is 0. The topological polar surface area (TPSA) is 95.4 Å². The first-order valence-electron chi connectivity index (χ1n) is 10.3. The zero-order valence-corrected chi connectivity index (χ0v) is 17.9. The van der Waals surface area contributed by atoms with Crippen molar-refractivity contribution in [1.82, 2.24) is 20.2 Å². The van der Waals surface area contributed by atoms with Crippen LogP contribution in [0.3, 0.4) is 0 Å². The summed E-state index contributed by atoms with van der Waals surface area (Å²) in [5.74, 6) is -0.501. The van der Waals surface area contributed by atoms with Gasteiger partial charge in [-0.05, 0) is 37.5 Å². The average molecular weight is 450 g/mol. The first kappa shape index (κ1) is 23.6. The van der Waals surface area contributed by atoms with Crippen LogP contribution in [0.1, 0.15) is 57.8 Å². The Balaban J connectivity index is 1.76. The normalized spacial score (nSPS) is 14.4. The highest BCUT2D eigenvalue weighted by atomic mass is 19.4. The number of aliphatic hydroxyl groups is 1. The minimum Gasteiger partial charge on any atom is -0.395 e. The third-order valence-electron chi connectivity index (χ3n) is 5.53. The molecular weight excluding hydrogens is 425 g/mol. The average Bonchev–Trinajstić information content (AvgIpc) is 3.08. The standard InChI is InChI=1S/C22H25F3N4O3/c1-13-9-15(11-28-18(13)3-5-22(23,24)25)14(2)29-12-17-16(21(29)32)4-6-26-19(17)10-20(31)27-7-8-30/h4,6,9,11,14,30H,3,5,7-8,10,12H2,1-2H3,(H,27,31). The van der Waals surface area contributed by atoms with Crippen molar-refractivity contribution in [1.29, 1.82) is 0 Å². The Morgan fingerprint density at radius 3 is 2.72 bits per heavy atom. The van der Waals surface area contributed by atoms with Crippen LogP contribution in [0.15, 0.2) is 24.5 Å². The molecule has 3 rings (SSSR count). The summed E-state index contributed by atoms with van der Waals surface area (Å²) >= 11 is 0. The third kappa shape index (κ3) is 5.42. The smallest absolute Gasteiger partial charge is 0.389 e. The summed E-state index contributed by atoms with van der Waals surface area (Å²) in [6.45, 7) is 3.78. The van der Waals surface area contributed by atoms with Crippen LogP contribution in [-0.2, 0) is 24.2 Å². The van der Waals surface area contributed by atoms with E-state index in [0.717, 1.165) is 5.56 Å². The van der Waals surface area contributed by atoms with Gasteiger partial charge in [0.25, 0.3) is 5.91 Å². The van der Waals surface area contributed by atoms with Gasteiger partial charge in [-0.1, -0.05) is 6.07 Å². The Kier molecular flexibility index (Phi) is 7.12. The first-order valence-corrected chi connectivity index (χ1v) is 10.3. The summed E-state index contributed by atoms with van der Waals surface area (Å²) in [5, 5.41) is 11.4. The van der Waals surface area contributed by atoms with Gasteiger partial charge in [-0.2, -0.15) is 13.2 Å². The van der Waals surface area contributed by atoms with Gasteiger partial charge < -0.3 is 15.3 Å². The molecule has 32 heavy (non-hydrogen) atoms. The van der Waals surface area contributed by atoms with Crippen LogP contribution in [0.25, 0.3) is 0 Å². The number of halogens is 3. The minimum atomic E-state index is -4.24. The summed E-state index contributed by atoms with van der Waals surface area (Å²) < 4.78 is 37.6. The van der Waals surface area contributed by atoms with Gasteiger partial charge in [0.2, 0.25) is 5.91 Å². The summed E-state index contributed by atoms with van der Waals surface area (Å²) in [6.07, 6.45) is -2.37. The highest BCUT2D eigenvalue weighted by Gasteiger charge is 2.34. The van der Waals surface area contributed by atoms with Crippen LogP contribution in [0.2, 0.25) is 0 Å². The lowest BCUT2D eigenvalue weighted by atomic mass is 10.0. The van der Waals surface area contributed by atoms with E-state index in [0.29, 0.717) is 28.1 Å². The number of nitrogens with one attached hydrogen (secondary N) is 1. The number of hydrogen-bond acceptors (Lipinski definition) is 5. The number of aliphatic hydroxyl groups excluding tert-OH is 1. The molecule has 2 aromatic heterocycles. The number of carbonyl (C=O) groups is 2. The maximum absolute atomic E-state index is 13.0. The van der Waals surface area contributed by atoms with Crippen LogP contribution < -0.4 is 5.32 Å². The monoisotopic (exact) mass is 450 g/mol. The van der Waals surface area contributed by atoms with Crippen molar-refractivity contribution in [3.8, 4) is 0 Å². The molecule has 2 amide bonds. The van der Waals surface area contributed by atoms with Gasteiger partial charge in [-0.25, -0.2) is 0 Å². The van der Waals surface area contributed by atoms with Crippen molar-refractivity contribution in [2.45, 2.75) is 51.9 Å². The molecule has 2 aromatic rings. The molecule has 0 fully saturated rings. The van der Waals surface area contributed by atoms with E-state index in [1.807, 2.05) is 6.92 Å². The van der Waals surface area contributed by atoms with Gasteiger partial charge in [0.05, 0.1) is 24.8 Å². The molecule has 0 spiro atoms. The number of nitrogens with zero attached hydrogens (tertiary/aromatic N) is 3. The van der Waals surface area contributed by atoms with Crippen LogP contribution in [-0.4, -0.2) is 51.1 Å². The number of fused-ring (bicyclic) bond motifs is 1. The second kappa shape index (κ2) is 9.64. The Morgan fingerprint density at radius 2 is 2.06 bits per heavy atom. The minimum absolute atomic E-state index is 0.00671. The van der Waals surface area contributed by atoms with E-state index in [9.17, 15) is 22.8 Å². The molecule has 0 saturated heterocycles. The van der Waals surface area contributed by atoms with Gasteiger partial charge in [0.1, 0.15) is 0 Å². The maximum atomic E-state index is 13.0. The third-order valence-corrected chi connectivity index (χ3v) is 5.53. The largest absolute Gasteiger partial charge is 0.395 e. The van der Waals surface area contributed by atoms with Gasteiger partial charge in [-0.15, -0.1) is 0 Å². The molecule has 1 aliphatic heterocycles. The molecule has 10 heteroatoms. The van der Waals surface area contributed by atoms with Crippen molar-refractivity contribution in [3.05, 3.63) is 58.2 Å². The molecule has 0 aromatic carbocycles. The molecule has 2 N–H and O–H groups in total. The van der Waals surface area contributed by atoms with Gasteiger partial charge in [0.15, 0.2) is 0 Å². The summed E-state index contributed by atoms with van der Waals surface area (Å²) in [6, 6.07) is 3.01. The molecule has 0 aliphatic carbocycles. The fraction of sp³-hybridized carbons (Fsp3) is 0.455. The van der Waals surface area contributed by atoms with E-state index in [-0.39, 0.29) is 50.4 Å². The lowest BCUT2D eigenvalue weighted by molar-refractivity contribution is -0.134.